The van der Waals surface area contributed by atoms with Crippen molar-refractivity contribution in [2.45, 2.75) is 38.7 Å². The standard InChI is InChI=1S/C12H21F2N3/c1-2-3-10-6-11(16-7-12(13)14)9-17(8-10)5-4-15/h10-12,16H,2-3,5-9H2,1H3. The molecule has 0 saturated carbocycles. The third-order valence-electron chi connectivity index (χ3n) is 3.16. The van der Waals surface area contributed by atoms with E-state index in [1.165, 1.54) is 0 Å². The second-order valence-corrected chi connectivity index (χ2v) is 4.74. The molecule has 1 fully saturated rings. The molecular weight excluding hydrogens is 224 g/mol. The Balaban J connectivity index is 2.43. The minimum atomic E-state index is -2.30. The van der Waals surface area contributed by atoms with Crippen LogP contribution in [0.4, 0.5) is 8.78 Å². The van der Waals surface area contributed by atoms with Crippen molar-refractivity contribution in [1.29, 1.82) is 5.26 Å². The van der Waals surface area contributed by atoms with Gasteiger partial charge in [-0.3, -0.25) is 4.90 Å². The number of hydrogen-bond acceptors (Lipinski definition) is 3. The molecule has 17 heavy (non-hydrogen) atoms. The van der Waals surface area contributed by atoms with Crippen molar-refractivity contribution in [1.82, 2.24) is 10.2 Å². The third kappa shape index (κ3) is 5.42. The Kier molecular flexibility index (Phi) is 6.38. The van der Waals surface area contributed by atoms with Crippen LogP contribution in [0.15, 0.2) is 0 Å². The number of nitrogens with one attached hydrogen (secondary N) is 1. The van der Waals surface area contributed by atoms with Crippen molar-refractivity contribution in [2.24, 2.45) is 5.92 Å². The average molecular weight is 245 g/mol. The average Bonchev–Trinajstić information content (AvgIpc) is 2.27. The maximum atomic E-state index is 12.2. The van der Waals surface area contributed by atoms with Crippen LogP contribution in [0.5, 0.6) is 0 Å². The molecule has 0 amide bonds. The highest BCUT2D eigenvalue weighted by atomic mass is 19.3. The first-order valence-corrected chi connectivity index (χ1v) is 6.26. The van der Waals surface area contributed by atoms with Crippen LogP contribution < -0.4 is 5.32 Å². The number of likely N-dealkylation sites (tertiary alicyclic amines) is 1. The molecule has 1 aliphatic heterocycles. The van der Waals surface area contributed by atoms with Gasteiger partial charge in [-0.1, -0.05) is 13.3 Å². The number of nitriles is 1. The molecule has 2 atom stereocenters. The lowest BCUT2D eigenvalue weighted by Crippen LogP contribution is -2.50. The van der Waals surface area contributed by atoms with Crippen molar-refractivity contribution < 1.29 is 8.78 Å². The number of nitrogens with zero attached hydrogens (tertiary/aromatic N) is 2. The van der Waals surface area contributed by atoms with Crippen LogP contribution in [0.2, 0.25) is 0 Å². The maximum Gasteiger partial charge on any atom is 0.250 e. The van der Waals surface area contributed by atoms with Crippen LogP contribution in [-0.4, -0.2) is 43.5 Å². The Hall–Kier alpha value is -0.730. The Bertz CT molecular complexity index is 253. The molecule has 0 aromatic rings. The molecule has 0 aliphatic carbocycles. The molecule has 0 aromatic carbocycles. The lowest BCUT2D eigenvalue weighted by Gasteiger charge is -2.37. The molecule has 1 heterocycles. The maximum absolute atomic E-state index is 12.2. The van der Waals surface area contributed by atoms with E-state index in [1.807, 2.05) is 0 Å². The molecule has 0 radical (unpaired) electrons. The van der Waals surface area contributed by atoms with E-state index in [2.05, 4.69) is 23.2 Å². The van der Waals surface area contributed by atoms with Gasteiger partial charge in [0.2, 0.25) is 0 Å². The minimum absolute atomic E-state index is 0.0997. The van der Waals surface area contributed by atoms with Crippen LogP contribution in [0.25, 0.3) is 0 Å². The first-order chi connectivity index (χ1) is 8.15. The molecule has 2 unspecified atom stereocenters. The Morgan fingerprint density at radius 2 is 2.24 bits per heavy atom. The van der Waals surface area contributed by atoms with E-state index in [1.54, 1.807) is 0 Å². The van der Waals surface area contributed by atoms with Crippen molar-refractivity contribution in [2.75, 3.05) is 26.2 Å². The van der Waals surface area contributed by atoms with E-state index in [0.29, 0.717) is 19.0 Å². The van der Waals surface area contributed by atoms with E-state index < -0.39 is 6.43 Å². The van der Waals surface area contributed by atoms with E-state index in [9.17, 15) is 8.78 Å². The minimum Gasteiger partial charge on any atom is -0.307 e. The lowest BCUT2D eigenvalue weighted by atomic mass is 9.90. The number of rotatable bonds is 6. The first-order valence-electron chi connectivity index (χ1n) is 6.26. The molecule has 1 aliphatic rings. The van der Waals surface area contributed by atoms with Crippen LogP contribution >= 0.6 is 0 Å². The number of hydrogen-bond donors (Lipinski definition) is 1. The molecular formula is C12H21F2N3. The van der Waals surface area contributed by atoms with Crippen LogP contribution in [-0.2, 0) is 0 Å². The van der Waals surface area contributed by atoms with Gasteiger partial charge >= 0.3 is 0 Å². The van der Waals surface area contributed by atoms with Gasteiger partial charge in [-0.2, -0.15) is 5.26 Å². The fraction of sp³-hybridized carbons (Fsp3) is 0.917. The van der Waals surface area contributed by atoms with Gasteiger partial charge in [0.15, 0.2) is 0 Å². The van der Waals surface area contributed by atoms with Crippen molar-refractivity contribution in [3.05, 3.63) is 0 Å². The zero-order chi connectivity index (χ0) is 12.7. The fourth-order valence-corrected chi connectivity index (χ4v) is 2.55. The summed E-state index contributed by atoms with van der Waals surface area (Å²) in [5.74, 6) is 0.525. The summed E-state index contributed by atoms with van der Waals surface area (Å²) in [7, 11) is 0. The molecule has 1 N–H and O–H groups in total. The number of halogens is 2. The first kappa shape index (κ1) is 14.3. The Morgan fingerprint density at radius 1 is 1.47 bits per heavy atom. The highest BCUT2D eigenvalue weighted by molar-refractivity contribution is 4.87. The van der Waals surface area contributed by atoms with Gasteiger partial charge in [0, 0.05) is 19.1 Å². The summed E-state index contributed by atoms with van der Waals surface area (Å²) in [4.78, 5) is 2.06. The molecule has 0 bridgehead atoms. The second-order valence-electron chi connectivity index (χ2n) is 4.74. The van der Waals surface area contributed by atoms with E-state index in [-0.39, 0.29) is 12.6 Å². The van der Waals surface area contributed by atoms with Gasteiger partial charge in [0.05, 0.1) is 19.2 Å². The predicted molar refractivity (Wildman–Crippen MR) is 62.9 cm³/mol. The van der Waals surface area contributed by atoms with Gasteiger partial charge in [0.1, 0.15) is 0 Å². The topological polar surface area (TPSA) is 39.1 Å². The molecule has 1 rings (SSSR count). The summed E-state index contributed by atoms with van der Waals surface area (Å²) >= 11 is 0. The van der Waals surface area contributed by atoms with Gasteiger partial charge in [-0.05, 0) is 18.8 Å². The van der Waals surface area contributed by atoms with E-state index >= 15 is 0 Å². The Morgan fingerprint density at radius 3 is 2.82 bits per heavy atom. The Labute approximate surface area is 102 Å². The molecule has 3 nitrogen and oxygen atoms in total. The molecule has 0 spiro atoms. The predicted octanol–water partition coefficient (Wildman–Crippen LogP) is 1.86. The van der Waals surface area contributed by atoms with Crippen LogP contribution in [0, 0.1) is 17.2 Å². The van der Waals surface area contributed by atoms with Crippen LogP contribution in [0.3, 0.4) is 0 Å². The summed E-state index contributed by atoms with van der Waals surface area (Å²) in [6.45, 7) is 3.91. The zero-order valence-electron chi connectivity index (χ0n) is 10.3. The summed E-state index contributed by atoms with van der Waals surface area (Å²) < 4.78 is 24.3. The van der Waals surface area contributed by atoms with E-state index in [4.69, 9.17) is 5.26 Å². The molecule has 5 heteroatoms. The van der Waals surface area contributed by atoms with Gasteiger partial charge in [0.25, 0.3) is 6.43 Å². The molecule has 0 aromatic heterocycles. The van der Waals surface area contributed by atoms with Gasteiger partial charge < -0.3 is 5.32 Å². The highest BCUT2D eigenvalue weighted by Gasteiger charge is 2.26. The SMILES string of the molecule is CCCC1CC(NCC(F)F)CN(CC#N)C1. The molecule has 98 valence electrons. The molecule has 1 saturated heterocycles. The fourth-order valence-electron chi connectivity index (χ4n) is 2.55. The van der Waals surface area contributed by atoms with Gasteiger partial charge in [-0.25, -0.2) is 8.78 Å². The summed E-state index contributed by atoms with van der Waals surface area (Å²) in [5.41, 5.74) is 0. The smallest absolute Gasteiger partial charge is 0.250 e. The summed E-state index contributed by atoms with van der Waals surface area (Å²) in [6, 6.07) is 2.24. The number of piperidine rings is 1. The van der Waals surface area contributed by atoms with Gasteiger partial charge in [-0.15, -0.1) is 0 Å². The monoisotopic (exact) mass is 245 g/mol. The zero-order valence-corrected chi connectivity index (χ0v) is 10.3. The summed E-state index contributed by atoms with van der Waals surface area (Å²) in [6.07, 6.45) is 0.857. The van der Waals surface area contributed by atoms with Crippen molar-refractivity contribution in [3.63, 3.8) is 0 Å². The normalized spacial score (nSPS) is 26.1. The third-order valence-corrected chi connectivity index (χ3v) is 3.16. The van der Waals surface area contributed by atoms with E-state index in [0.717, 1.165) is 25.8 Å². The second kappa shape index (κ2) is 7.57. The van der Waals surface area contributed by atoms with Crippen LogP contribution in [0.1, 0.15) is 26.2 Å². The quantitative estimate of drug-likeness (QED) is 0.726. The summed E-state index contributed by atoms with van der Waals surface area (Å²) in [5, 5.41) is 11.6. The largest absolute Gasteiger partial charge is 0.307 e. The van der Waals surface area contributed by atoms with Crippen molar-refractivity contribution >= 4 is 0 Å². The number of alkyl halides is 2. The lowest BCUT2D eigenvalue weighted by molar-refractivity contribution is 0.112. The highest BCUT2D eigenvalue weighted by Crippen LogP contribution is 2.21. The van der Waals surface area contributed by atoms with Crippen molar-refractivity contribution in [3.8, 4) is 6.07 Å².